The normalized spacial score (nSPS) is 13.0. The Labute approximate surface area is 94.0 Å². The molecule has 0 radical (unpaired) electrons. The Kier molecular flexibility index (Phi) is 5.87. The van der Waals surface area contributed by atoms with E-state index in [1.54, 1.807) is 0 Å². The van der Waals surface area contributed by atoms with Gasteiger partial charge in [0.25, 0.3) is 0 Å². The zero-order valence-corrected chi connectivity index (χ0v) is 10.2. The third kappa shape index (κ3) is 4.24. The summed E-state index contributed by atoms with van der Waals surface area (Å²) in [5.41, 5.74) is 0. The third-order valence-electron chi connectivity index (χ3n) is 2.28. The van der Waals surface area contributed by atoms with E-state index >= 15 is 0 Å². The predicted octanol–water partition coefficient (Wildman–Crippen LogP) is 2.04. The zero-order valence-electron chi connectivity index (χ0n) is 8.62. The summed E-state index contributed by atoms with van der Waals surface area (Å²) in [5.74, 6) is 0. The van der Waals surface area contributed by atoms with Crippen LogP contribution in [0.1, 0.15) is 19.8 Å². The molecule has 0 saturated heterocycles. The molecule has 1 aromatic heterocycles. The topological polar surface area (TPSA) is 29.9 Å². The van der Waals surface area contributed by atoms with Crippen LogP contribution in [-0.4, -0.2) is 27.7 Å². The average Bonchev–Trinajstić information content (AvgIpc) is 2.69. The number of aromatic nitrogens is 2. The highest BCUT2D eigenvalue weighted by atomic mass is 79.9. The summed E-state index contributed by atoms with van der Waals surface area (Å²) < 4.78 is 1.95. The Morgan fingerprint density at radius 2 is 2.43 bits per heavy atom. The van der Waals surface area contributed by atoms with Crippen molar-refractivity contribution in [2.24, 2.45) is 0 Å². The monoisotopic (exact) mass is 259 g/mol. The first-order valence-corrected chi connectivity index (χ1v) is 6.25. The van der Waals surface area contributed by atoms with Crippen LogP contribution in [0.5, 0.6) is 0 Å². The van der Waals surface area contributed by atoms with Gasteiger partial charge < -0.3 is 5.32 Å². The molecule has 0 bridgehead atoms. The van der Waals surface area contributed by atoms with E-state index in [0.29, 0.717) is 6.04 Å². The van der Waals surface area contributed by atoms with Crippen molar-refractivity contribution in [3.63, 3.8) is 0 Å². The summed E-state index contributed by atoms with van der Waals surface area (Å²) >= 11 is 3.46. The van der Waals surface area contributed by atoms with E-state index < -0.39 is 0 Å². The van der Waals surface area contributed by atoms with Crippen LogP contribution in [0.2, 0.25) is 0 Å². The second-order valence-electron chi connectivity index (χ2n) is 3.31. The van der Waals surface area contributed by atoms with Gasteiger partial charge in [-0.3, -0.25) is 4.68 Å². The number of hydrogen-bond donors (Lipinski definition) is 1. The van der Waals surface area contributed by atoms with Crippen LogP contribution in [0.4, 0.5) is 0 Å². The van der Waals surface area contributed by atoms with Crippen molar-refractivity contribution in [1.29, 1.82) is 0 Å². The lowest BCUT2D eigenvalue weighted by molar-refractivity contribution is 0.457. The molecule has 0 fully saturated rings. The van der Waals surface area contributed by atoms with Gasteiger partial charge in [0.15, 0.2) is 0 Å². The highest BCUT2D eigenvalue weighted by Gasteiger charge is 2.03. The molecular weight excluding hydrogens is 242 g/mol. The number of hydrogen-bond acceptors (Lipinski definition) is 2. The van der Waals surface area contributed by atoms with Crippen molar-refractivity contribution in [3.8, 4) is 0 Å². The maximum Gasteiger partial charge on any atom is 0.0534 e. The molecule has 14 heavy (non-hydrogen) atoms. The predicted molar refractivity (Wildman–Crippen MR) is 62.7 cm³/mol. The Balaban J connectivity index is 2.13. The van der Waals surface area contributed by atoms with Gasteiger partial charge in [-0.1, -0.05) is 22.9 Å². The summed E-state index contributed by atoms with van der Waals surface area (Å²) in [7, 11) is 0. The summed E-state index contributed by atoms with van der Waals surface area (Å²) in [5, 5.41) is 8.74. The quantitative estimate of drug-likeness (QED) is 0.760. The van der Waals surface area contributed by atoms with Crippen LogP contribution in [0.25, 0.3) is 0 Å². The van der Waals surface area contributed by atoms with E-state index in [9.17, 15) is 0 Å². The summed E-state index contributed by atoms with van der Waals surface area (Å²) in [6.45, 7) is 4.16. The molecule has 0 aliphatic rings. The van der Waals surface area contributed by atoms with Gasteiger partial charge in [-0.25, -0.2) is 0 Å². The maximum absolute atomic E-state index is 4.15. The van der Waals surface area contributed by atoms with Gasteiger partial charge >= 0.3 is 0 Å². The van der Waals surface area contributed by atoms with Gasteiger partial charge in [0.2, 0.25) is 0 Å². The average molecular weight is 260 g/mol. The fourth-order valence-corrected chi connectivity index (χ4v) is 1.95. The minimum atomic E-state index is 0.630. The van der Waals surface area contributed by atoms with E-state index in [1.165, 1.54) is 12.8 Å². The Morgan fingerprint density at radius 1 is 1.57 bits per heavy atom. The van der Waals surface area contributed by atoms with E-state index in [1.807, 2.05) is 23.1 Å². The second kappa shape index (κ2) is 7.01. The zero-order chi connectivity index (χ0) is 10.2. The van der Waals surface area contributed by atoms with Crippen molar-refractivity contribution in [1.82, 2.24) is 15.1 Å². The minimum Gasteiger partial charge on any atom is -0.312 e. The lowest BCUT2D eigenvalue weighted by atomic mass is 10.2. The van der Waals surface area contributed by atoms with Crippen LogP contribution in [0.3, 0.4) is 0 Å². The molecule has 0 spiro atoms. The van der Waals surface area contributed by atoms with Crippen molar-refractivity contribution >= 4 is 15.9 Å². The summed E-state index contributed by atoms with van der Waals surface area (Å²) in [4.78, 5) is 0. The molecule has 1 heterocycles. The van der Waals surface area contributed by atoms with E-state index in [-0.39, 0.29) is 0 Å². The molecule has 4 heteroatoms. The molecule has 1 N–H and O–H groups in total. The van der Waals surface area contributed by atoms with Gasteiger partial charge in [-0.15, -0.1) is 0 Å². The number of rotatable bonds is 7. The van der Waals surface area contributed by atoms with Gasteiger partial charge in [0, 0.05) is 30.3 Å². The Morgan fingerprint density at radius 3 is 3.00 bits per heavy atom. The number of nitrogens with zero attached hydrogens (tertiary/aromatic N) is 2. The number of nitrogens with one attached hydrogen (secondary N) is 1. The molecular formula is C10H18BrN3. The highest BCUT2D eigenvalue weighted by molar-refractivity contribution is 9.09. The molecule has 1 rings (SSSR count). The second-order valence-corrected chi connectivity index (χ2v) is 4.10. The van der Waals surface area contributed by atoms with Crippen molar-refractivity contribution < 1.29 is 0 Å². The molecule has 1 aromatic rings. The van der Waals surface area contributed by atoms with Crippen LogP contribution < -0.4 is 5.32 Å². The molecule has 0 aliphatic carbocycles. The highest BCUT2D eigenvalue weighted by Crippen LogP contribution is 1.99. The number of alkyl halides is 1. The molecule has 0 saturated carbocycles. The largest absolute Gasteiger partial charge is 0.312 e. The van der Waals surface area contributed by atoms with Crippen molar-refractivity contribution in [3.05, 3.63) is 18.5 Å². The van der Waals surface area contributed by atoms with E-state index in [4.69, 9.17) is 0 Å². The van der Waals surface area contributed by atoms with Gasteiger partial charge in [-0.2, -0.15) is 5.10 Å². The molecule has 1 unspecified atom stereocenters. The van der Waals surface area contributed by atoms with Crippen LogP contribution in [0.15, 0.2) is 18.5 Å². The van der Waals surface area contributed by atoms with Gasteiger partial charge in [0.1, 0.15) is 0 Å². The van der Waals surface area contributed by atoms with Crippen LogP contribution >= 0.6 is 15.9 Å². The Hall–Kier alpha value is -0.350. The lowest BCUT2D eigenvalue weighted by Gasteiger charge is -2.15. The molecule has 0 amide bonds. The van der Waals surface area contributed by atoms with Crippen LogP contribution in [0, 0.1) is 0 Å². The molecule has 80 valence electrons. The Bertz CT molecular complexity index is 223. The summed E-state index contributed by atoms with van der Waals surface area (Å²) in [6, 6.07) is 2.58. The standard InChI is InChI=1S/C10H18BrN3/c1-2-10(4-5-11)12-7-9-14-8-3-6-13-14/h3,6,8,10,12H,2,4-5,7,9H2,1H3. The van der Waals surface area contributed by atoms with E-state index in [0.717, 1.165) is 18.4 Å². The molecule has 0 aromatic carbocycles. The SMILES string of the molecule is CCC(CCBr)NCCn1cccn1. The van der Waals surface area contributed by atoms with Crippen LogP contribution in [-0.2, 0) is 6.54 Å². The first kappa shape index (κ1) is 11.7. The van der Waals surface area contributed by atoms with Gasteiger partial charge in [0.05, 0.1) is 6.54 Å². The maximum atomic E-state index is 4.15. The third-order valence-corrected chi connectivity index (χ3v) is 2.74. The van der Waals surface area contributed by atoms with Crippen molar-refractivity contribution in [2.45, 2.75) is 32.4 Å². The smallest absolute Gasteiger partial charge is 0.0534 e. The first-order valence-electron chi connectivity index (χ1n) is 5.13. The summed E-state index contributed by atoms with van der Waals surface area (Å²) in [6.07, 6.45) is 6.18. The fraction of sp³-hybridized carbons (Fsp3) is 0.700. The molecule has 0 aliphatic heterocycles. The number of halogens is 1. The molecule has 1 atom stereocenters. The first-order chi connectivity index (χ1) is 6.86. The molecule has 3 nitrogen and oxygen atoms in total. The van der Waals surface area contributed by atoms with Gasteiger partial charge in [-0.05, 0) is 18.9 Å². The van der Waals surface area contributed by atoms with Crippen molar-refractivity contribution in [2.75, 3.05) is 11.9 Å². The fourth-order valence-electron chi connectivity index (χ4n) is 1.40. The van der Waals surface area contributed by atoms with E-state index in [2.05, 4.69) is 33.3 Å². The minimum absolute atomic E-state index is 0.630. The lowest BCUT2D eigenvalue weighted by Crippen LogP contribution is -2.31.